The fraction of sp³-hybridized carbons (Fsp3) is 1.00. The number of hydrogen-bond donors (Lipinski definition) is 0. The van der Waals surface area contributed by atoms with Crippen LogP contribution in [0.25, 0.3) is 0 Å². The highest BCUT2D eigenvalue weighted by molar-refractivity contribution is 6.18. The molecule has 0 atom stereocenters. The molecule has 12 heavy (non-hydrogen) atoms. The zero-order valence-corrected chi connectivity index (χ0v) is 9.78. The van der Waals surface area contributed by atoms with Gasteiger partial charge in [-0.25, -0.2) is 0 Å². The Hall–Kier alpha value is 0.250. The Morgan fingerprint density at radius 2 is 1.83 bits per heavy atom. The Bertz CT molecular complexity index is 121. The lowest BCUT2D eigenvalue weighted by atomic mass is 10.0. The fourth-order valence-electron chi connectivity index (χ4n) is 0.857. The summed E-state index contributed by atoms with van der Waals surface area (Å²) in [5.74, 6) is 1.47. The highest BCUT2D eigenvalue weighted by Gasteiger charge is 2.21. The molecular weight excluding hydrogens is 170 g/mol. The van der Waals surface area contributed by atoms with E-state index in [0.717, 1.165) is 12.5 Å². The van der Waals surface area contributed by atoms with Crippen LogP contribution in [-0.2, 0) is 0 Å². The summed E-state index contributed by atoms with van der Waals surface area (Å²) >= 11 is 5.86. The number of hydrogen-bond acceptors (Lipinski definition) is 1. The third-order valence-electron chi connectivity index (χ3n) is 2.40. The summed E-state index contributed by atoms with van der Waals surface area (Å²) in [7, 11) is 2.14. The summed E-state index contributed by atoms with van der Waals surface area (Å²) in [6.07, 6.45) is 1.25. The van der Waals surface area contributed by atoms with Gasteiger partial charge in [0.1, 0.15) is 0 Å². The molecule has 0 aromatic heterocycles. The maximum atomic E-state index is 5.86. The maximum absolute atomic E-state index is 5.86. The molecule has 0 fully saturated rings. The Morgan fingerprint density at radius 1 is 1.33 bits per heavy atom. The molecular formula is C10H22ClN. The van der Waals surface area contributed by atoms with Gasteiger partial charge in [-0.15, -0.1) is 11.6 Å². The molecule has 0 rings (SSSR count). The number of alkyl halides is 1. The van der Waals surface area contributed by atoms with Crippen LogP contribution in [0.15, 0.2) is 0 Å². The van der Waals surface area contributed by atoms with E-state index in [2.05, 4.69) is 39.6 Å². The summed E-state index contributed by atoms with van der Waals surface area (Å²) < 4.78 is 0. The van der Waals surface area contributed by atoms with Gasteiger partial charge in [-0.2, -0.15) is 0 Å². The molecule has 1 nitrogen and oxygen atoms in total. The molecule has 0 saturated carbocycles. The molecule has 0 aromatic carbocycles. The Morgan fingerprint density at radius 3 is 2.17 bits per heavy atom. The third kappa shape index (κ3) is 4.32. The van der Waals surface area contributed by atoms with Gasteiger partial charge in [-0.05, 0) is 39.8 Å². The smallest absolute Gasteiger partial charge is 0.0402 e. The van der Waals surface area contributed by atoms with Crippen LogP contribution in [-0.4, -0.2) is 29.9 Å². The van der Waals surface area contributed by atoms with Crippen molar-refractivity contribution in [2.75, 3.05) is 19.5 Å². The summed E-state index contributed by atoms with van der Waals surface area (Å²) in [4.78, 5) is 2.33. The lowest BCUT2D eigenvalue weighted by Gasteiger charge is -2.34. The van der Waals surface area contributed by atoms with Crippen molar-refractivity contribution in [2.24, 2.45) is 5.92 Å². The first-order valence-electron chi connectivity index (χ1n) is 4.67. The minimum Gasteiger partial charge on any atom is -0.300 e. The highest BCUT2D eigenvalue weighted by atomic mass is 35.5. The van der Waals surface area contributed by atoms with Gasteiger partial charge in [0.05, 0.1) is 0 Å². The Balaban J connectivity index is 3.78. The summed E-state index contributed by atoms with van der Waals surface area (Å²) in [5.41, 5.74) is 0.135. The van der Waals surface area contributed by atoms with Crippen molar-refractivity contribution in [3.05, 3.63) is 0 Å². The van der Waals surface area contributed by atoms with Crippen LogP contribution in [0.3, 0.4) is 0 Å². The highest BCUT2D eigenvalue weighted by Crippen LogP contribution is 2.15. The van der Waals surface area contributed by atoms with Gasteiger partial charge in [0, 0.05) is 11.4 Å². The van der Waals surface area contributed by atoms with Gasteiger partial charge >= 0.3 is 0 Å². The monoisotopic (exact) mass is 191 g/mol. The SMILES string of the molecule is CC(C)CCN(C)C(C)(C)CCl. The molecule has 0 unspecified atom stereocenters. The van der Waals surface area contributed by atoms with E-state index in [1.54, 1.807) is 0 Å². The minimum absolute atomic E-state index is 0.135. The van der Waals surface area contributed by atoms with Crippen molar-refractivity contribution in [1.29, 1.82) is 0 Å². The first-order chi connectivity index (χ1) is 5.40. The quantitative estimate of drug-likeness (QED) is 0.604. The third-order valence-corrected chi connectivity index (χ3v) is 3.06. The summed E-state index contributed by atoms with van der Waals surface area (Å²) in [5, 5.41) is 0. The second-order valence-electron chi connectivity index (χ2n) is 4.55. The average Bonchev–Trinajstić information content (AvgIpc) is 2.00. The van der Waals surface area contributed by atoms with Gasteiger partial charge in [-0.1, -0.05) is 13.8 Å². The predicted molar refractivity (Wildman–Crippen MR) is 56.9 cm³/mol. The summed E-state index contributed by atoms with van der Waals surface area (Å²) in [6.45, 7) is 10.0. The van der Waals surface area contributed by atoms with Gasteiger partial charge in [0.15, 0.2) is 0 Å². The Kier molecular flexibility index (Phi) is 5.19. The number of nitrogens with zero attached hydrogens (tertiary/aromatic N) is 1. The maximum Gasteiger partial charge on any atom is 0.0402 e. The van der Waals surface area contributed by atoms with Crippen LogP contribution >= 0.6 is 11.6 Å². The van der Waals surface area contributed by atoms with Crippen molar-refractivity contribution in [2.45, 2.75) is 39.7 Å². The van der Waals surface area contributed by atoms with Crippen LogP contribution in [0.2, 0.25) is 0 Å². The van der Waals surface area contributed by atoms with Crippen LogP contribution in [0.4, 0.5) is 0 Å². The van der Waals surface area contributed by atoms with E-state index in [-0.39, 0.29) is 5.54 Å². The predicted octanol–water partition coefficient (Wildman–Crippen LogP) is 2.98. The largest absolute Gasteiger partial charge is 0.300 e. The molecule has 0 aliphatic carbocycles. The zero-order chi connectivity index (χ0) is 9.78. The normalized spacial score (nSPS) is 13.0. The molecule has 0 aliphatic rings. The Labute approximate surface area is 82.1 Å². The van der Waals surface area contributed by atoms with Crippen molar-refractivity contribution < 1.29 is 0 Å². The van der Waals surface area contributed by atoms with Gasteiger partial charge in [0.2, 0.25) is 0 Å². The van der Waals surface area contributed by atoms with E-state index in [4.69, 9.17) is 11.6 Å². The second kappa shape index (κ2) is 5.08. The topological polar surface area (TPSA) is 3.24 Å². The zero-order valence-electron chi connectivity index (χ0n) is 9.02. The number of halogens is 1. The molecule has 0 bridgehead atoms. The lowest BCUT2D eigenvalue weighted by molar-refractivity contribution is 0.170. The molecule has 0 spiro atoms. The van der Waals surface area contributed by atoms with E-state index in [1.165, 1.54) is 6.42 Å². The van der Waals surface area contributed by atoms with E-state index in [1.807, 2.05) is 0 Å². The first kappa shape index (κ1) is 12.2. The first-order valence-corrected chi connectivity index (χ1v) is 5.21. The van der Waals surface area contributed by atoms with Crippen LogP contribution < -0.4 is 0 Å². The molecule has 0 N–H and O–H groups in total. The van der Waals surface area contributed by atoms with Crippen molar-refractivity contribution in [1.82, 2.24) is 4.90 Å². The lowest BCUT2D eigenvalue weighted by Crippen LogP contribution is -2.43. The minimum atomic E-state index is 0.135. The van der Waals surface area contributed by atoms with Crippen LogP contribution in [0, 0.1) is 5.92 Å². The fourth-order valence-corrected chi connectivity index (χ4v) is 1.06. The van der Waals surface area contributed by atoms with Gasteiger partial charge in [-0.3, -0.25) is 0 Å². The van der Waals surface area contributed by atoms with Crippen molar-refractivity contribution in [3.8, 4) is 0 Å². The molecule has 0 aromatic rings. The summed E-state index contributed by atoms with van der Waals surface area (Å²) in [6, 6.07) is 0. The van der Waals surface area contributed by atoms with Crippen LogP contribution in [0.1, 0.15) is 34.1 Å². The average molecular weight is 192 g/mol. The molecule has 0 saturated heterocycles. The van der Waals surface area contributed by atoms with E-state index < -0.39 is 0 Å². The standard InChI is InChI=1S/C10H22ClN/c1-9(2)6-7-12(5)10(3,4)8-11/h9H,6-8H2,1-5H3. The van der Waals surface area contributed by atoms with Crippen LogP contribution in [0.5, 0.6) is 0 Å². The molecule has 0 radical (unpaired) electrons. The van der Waals surface area contributed by atoms with Crippen molar-refractivity contribution in [3.63, 3.8) is 0 Å². The molecule has 74 valence electrons. The molecule has 0 amide bonds. The van der Waals surface area contributed by atoms with E-state index in [0.29, 0.717) is 5.88 Å². The molecule has 0 heterocycles. The van der Waals surface area contributed by atoms with E-state index >= 15 is 0 Å². The number of rotatable bonds is 5. The second-order valence-corrected chi connectivity index (χ2v) is 4.82. The molecule has 0 aliphatic heterocycles. The molecule has 2 heteroatoms. The van der Waals surface area contributed by atoms with E-state index in [9.17, 15) is 0 Å². The van der Waals surface area contributed by atoms with Gasteiger partial charge < -0.3 is 4.90 Å². The van der Waals surface area contributed by atoms with Crippen molar-refractivity contribution >= 4 is 11.6 Å². The van der Waals surface area contributed by atoms with Gasteiger partial charge in [0.25, 0.3) is 0 Å².